The Kier molecular flexibility index (Phi) is 3.41. The molecule has 0 saturated carbocycles. The fourth-order valence-electron chi connectivity index (χ4n) is 1.84. The molecule has 0 bridgehead atoms. The van der Waals surface area contributed by atoms with Gasteiger partial charge in [-0.05, 0) is 11.6 Å². The molecular formula is C12H14N2O3. The van der Waals surface area contributed by atoms with Gasteiger partial charge >= 0.3 is 5.97 Å². The molecule has 0 amide bonds. The van der Waals surface area contributed by atoms with Crippen LogP contribution in [0, 0.1) is 0 Å². The summed E-state index contributed by atoms with van der Waals surface area (Å²) < 4.78 is 0. The molecule has 2 rings (SSSR count). The molecule has 1 heterocycles. The van der Waals surface area contributed by atoms with Crippen LogP contribution < -0.4 is 5.48 Å². The molecular weight excluding hydrogens is 220 g/mol. The van der Waals surface area contributed by atoms with Crippen molar-refractivity contribution >= 4 is 16.9 Å². The largest absolute Gasteiger partial charge is 0.480 e. The van der Waals surface area contributed by atoms with E-state index in [9.17, 15) is 4.79 Å². The maximum Gasteiger partial charge on any atom is 0.323 e. The van der Waals surface area contributed by atoms with E-state index < -0.39 is 12.0 Å². The van der Waals surface area contributed by atoms with Crippen molar-refractivity contribution in [1.29, 1.82) is 0 Å². The van der Waals surface area contributed by atoms with Gasteiger partial charge < -0.3 is 14.9 Å². The summed E-state index contributed by atoms with van der Waals surface area (Å²) >= 11 is 0. The molecule has 0 radical (unpaired) electrons. The Balaban J connectivity index is 2.25. The van der Waals surface area contributed by atoms with Gasteiger partial charge in [0, 0.05) is 23.5 Å². The Labute approximate surface area is 98.4 Å². The second-order valence-corrected chi connectivity index (χ2v) is 3.78. The summed E-state index contributed by atoms with van der Waals surface area (Å²) in [5.41, 5.74) is 4.43. The number of fused-ring (bicyclic) bond motifs is 1. The lowest BCUT2D eigenvalue weighted by molar-refractivity contribution is -0.143. The van der Waals surface area contributed by atoms with E-state index in [0.717, 1.165) is 16.5 Å². The van der Waals surface area contributed by atoms with Crippen LogP contribution in [0.4, 0.5) is 0 Å². The van der Waals surface area contributed by atoms with Crippen molar-refractivity contribution in [3.63, 3.8) is 0 Å². The van der Waals surface area contributed by atoms with Gasteiger partial charge in [0.1, 0.15) is 6.04 Å². The SMILES string of the molecule is CON[C@@H](Cc1c[nH]c2ccccc12)C(=O)O. The van der Waals surface area contributed by atoms with Gasteiger partial charge in [0.15, 0.2) is 0 Å². The summed E-state index contributed by atoms with van der Waals surface area (Å²) in [4.78, 5) is 18.8. The number of hydroxylamine groups is 1. The van der Waals surface area contributed by atoms with Gasteiger partial charge in [0.25, 0.3) is 0 Å². The Morgan fingerprint density at radius 1 is 1.53 bits per heavy atom. The number of hydrogen-bond donors (Lipinski definition) is 3. The minimum absolute atomic E-state index is 0.368. The van der Waals surface area contributed by atoms with Crippen LogP contribution in [0.3, 0.4) is 0 Å². The smallest absolute Gasteiger partial charge is 0.323 e. The van der Waals surface area contributed by atoms with E-state index in [0.29, 0.717) is 6.42 Å². The van der Waals surface area contributed by atoms with E-state index in [1.165, 1.54) is 7.11 Å². The van der Waals surface area contributed by atoms with E-state index >= 15 is 0 Å². The second-order valence-electron chi connectivity index (χ2n) is 3.78. The molecule has 1 aromatic heterocycles. The standard InChI is InChI=1S/C12H14N2O3/c1-17-14-11(12(15)16)6-8-7-13-10-5-3-2-4-9(8)10/h2-5,7,11,13-14H,6H2,1H3,(H,15,16)/t11-/m0/s1. The molecule has 1 aromatic carbocycles. The van der Waals surface area contributed by atoms with Crippen LogP contribution in [0.25, 0.3) is 10.9 Å². The maximum atomic E-state index is 11.0. The predicted octanol–water partition coefficient (Wildman–Crippen LogP) is 1.31. The van der Waals surface area contributed by atoms with Gasteiger partial charge in [-0.1, -0.05) is 18.2 Å². The first-order chi connectivity index (χ1) is 8.22. The normalized spacial score (nSPS) is 12.8. The molecule has 0 aliphatic rings. The molecule has 2 aromatic rings. The van der Waals surface area contributed by atoms with Crippen molar-refractivity contribution in [1.82, 2.24) is 10.5 Å². The number of aromatic nitrogens is 1. The third-order valence-corrected chi connectivity index (χ3v) is 2.66. The van der Waals surface area contributed by atoms with Crippen molar-refractivity contribution in [2.75, 3.05) is 7.11 Å². The highest BCUT2D eigenvalue weighted by atomic mass is 16.6. The number of rotatable bonds is 5. The number of aromatic amines is 1. The van der Waals surface area contributed by atoms with E-state index in [-0.39, 0.29) is 0 Å². The first-order valence-corrected chi connectivity index (χ1v) is 5.28. The highest BCUT2D eigenvalue weighted by molar-refractivity contribution is 5.84. The summed E-state index contributed by atoms with van der Waals surface area (Å²) in [6.07, 6.45) is 2.20. The summed E-state index contributed by atoms with van der Waals surface area (Å²) in [6.45, 7) is 0. The third-order valence-electron chi connectivity index (χ3n) is 2.66. The van der Waals surface area contributed by atoms with E-state index in [2.05, 4.69) is 15.3 Å². The molecule has 90 valence electrons. The minimum Gasteiger partial charge on any atom is -0.480 e. The molecule has 0 aliphatic heterocycles. The molecule has 0 aliphatic carbocycles. The van der Waals surface area contributed by atoms with Crippen molar-refractivity contribution in [2.24, 2.45) is 0 Å². The molecule has 1 atom stereocenters. The Morgan fingerprint density at radius 3 is 3.00 bits per heavy atom. The molecule has 17 heavy (non-hydrogen) atoms. The zero-order chi connectivity index (χ0) is 12.3. The van der Waals surface area contributed by atoms with Crippen molar-refractivity contribution < 1.29 is 14.7 Å². The van der Waals surface area contributed by atoms with Gasteiger partial charge in [0.05, 0.1) is 7.11 Å². The highest BCUT2D eigenvalue weighted by Crippen LogP contribution is 2.19. The van der Waals surface area contributed by atoms with Crippen LogP contribution >= 0.6 is 0 Å². The average molecular weight is 234 g/mol. The van der Waals surface area contributed by atoms with Crippen molar-refractivity contribution in [3.05, 3.63) is 36.0 Å². The number of carboxylic acids is 1. The Hall–Kier alpha value is -1.85. The number of H-pyrrole nitrogens is 1. The lowest BCUT2D eigenvalue weighted by atomic mass is 10.1. The van der Waals surface area contributed by atoms with Gasteiger partial charge in [-0.25, -0.2) is 0 Å². The van der Waals surface area contributed by atoms with Crippen LogP contribution in [-0.2, 0) is 16.1 Å². The van der Waals surface area contributed by atoms with Crippen molar-refractivity contribution in [3.8, 4) is 0 Å². The summed E-state index contributed by atoms with van der Waals surface area (Å²) in [6, 6.07) is 7.04. The van der Waals surface area contributed by atoms with Crippen LogP contribution in [0.1, 0.15) is 5.56 Å². The monoisotopic (exact) mass is 234 g/mol. The van der Waals surface area contributed by atoms with Crippen LogP contribution in [0.5, 0.6) is 0 Å². The summed E-state index contributed by atoms with van der Waals surface area (Å²) in [5.74, 6) is -0.933. The van der Waals surface area contributed by atoms with E-state index in [4.69, 9.17) is 5.11 Å². The number of carbonyl (C=O) groups is 1. The predicted molar refractivity (Wildman–Crippen MR) is 63.6 cm³/mol. The average Bonchev–Trinajstić information content (AvgIpc) is 2.72. The number of aliphatic carboxylic acids is 1. The van der Waals surface area contributed by atoms with Crippen LogP contribution in [-0.4, -0.2) is 29.2 Å². The number of para-hydroxylation sites is 1. The van der Waals surface area contributed by atoms with Gasteiger partial charge in [0.2, 0.25) is 0 Å². The number of nitrogens with one attached hydrogen (secondary N) is 2. The topological polar surface area (TPSA) is 74.3 Å². The van der Waals surface area contributed by atoms with Gasteiger partial charge in [-0.2, -0.15) is 5.48 Å². The van der Waals surface area contributed by atoms with Gasteiger partial charge in [-0.3, -0.25) is 4.79 Å². The number of hydrogen-bond acceptors (Lipinski definition) is 3. The van der Waals surface area contributed by atoms with Crippen molar-refractivity contribution in [2.45, 2.75) is 12.5 Å². The first kappa shape index (κ1) is 11.6. The van der Waals surface area contributed by atoms with Crippen LogP contribution in [0.15, 0.2) is 30.5 Å². The van der Waals surface area contributed by atoms with Gasteiger partial charge in [-0.15, -0.1) is 0 Å². The molecule has 0 spiro atoms. The lowest BCUT2D eigenvalue weighted by Gasteiger charge is -2.11. The zero-order valence-electron chi connectivity index (χ0n) is 9.43. The quantitative estimate of drug-likeness (QED) is 0.682. The zero-order valence-corrected chi connectivity index (χ0v) is 9.43. The molecule has 5 heteroatoms. The molecule has 0 unspecified atom stereocenters. The number of carboxylic acid groups (broad SMARTS) is 1. The van der Waals surface area contributed by atoms with Crippen LogP contribution in [0.2, 0.25) is 0 Å². The Morgan fingerprint density at radius 2 is 2.29 bits per heavy atom. The van der Waals surface area contributed by atoms with E-state index in [1.54, 1.807) is 0 Å². The third kappa shape index (κ3) is 2.46. The highest BCUT2D eigenvalue weighted by Gasteiger charge is 2.19. The summed E-state index contributed by atoms with van der Waals surface area (Å²) in [7, 11) is 1.41. The molecule has 0 saturated heterocycles. The minimum atomic E-state index is -0.933. The summed E-state index contributed by atoms with van der Waals surface area (Å²) in [5, 5.41) is 10.1. The number of benzene rings is 1. The second kappa shape index (κ2) is 4.99. The fourth-order valence-corrected chi connectivity index (χ4v) is 1.84. The first-order valence-electron chi connectivity index (χ1n) is 5.28. The molecule has 5 nitrogen and oxygen atoms in total. The molecule has 3 N–H and O–H groups in total. The Bertz CT molecular complexity index is 521. The lowest BCUT2D eigenvalue weighted by Crippen LogP contribution is -2.37. The molecule has 0 fully saturated rings. The fraction of sp³-hybridized carbons (Fsp3) is 0.250. The maximum absolute atomic E-state index is 11.0. The van der Waals surface area contributed by atoms with E-state index in [1.807, 2.05) is 30.5 Å².